The Morgan fingerprint density at radius 2 is 1.71 bits per heavy atom. The van der Waals surface area contributed by atoms with Crippen LogP contribution in [0.5, 0.6) is 0 Å². The number of halogens is 2. The number of nitrogens with one attached hydrogen (secondary N) is 1. The number of anilines is 2. The number of nitrogens with zero attached hydrogens (tertiary/aromatic N) is 2. The van der Waals surface area contributed by atoms with Crippen molar-refractivity contribution in [3.63, 3.8) is 0 Å². The molecule has 1 N–H and O–H groups in total. The Morgan fingerprint density at radius 3 is 2.37 bits per heavy atom. The van der Waals surface area contributed by atoms with E-state index in [9.17, 15) is 14.9 Å². The monoisotopic (exact) mass is 521 g/mol. The number of amides is 2. The van der Waals surface area contributed by atoms with Crippen molar-refractivity contribution in [1.29, 1.82) is 5.26 Å². The molecular weight excluding hydrogens is 501 g/mol. The minimum Gasteiger partial charge on any atom is -0.320 e. The zero-order valence-electron chi connectivity index (χ0n) is 19.0. The summed E-state index contributed by atoms with van der Waals surface area (Å²) >= 11 is 13.7. The Hall–Kier alpha value is -3.24. The zero-order chi connectivity index (χ0) is 25.1. The summed E-state index contributed by atoms with van der Waals surface area (Å²) in [4.78, 5) is 28.3. The van der Waals surface area contributed by atoms with Gasteiger partial charge in [0.05, 0.1) is 16.0 Å². The van der Waals surface area contributed by atoms with Gasteiger partial charge in [-0.05, 0) is 67.3 Å². The van der Waals surface area contributed by atoms with Crippen molar-refractivity contribution in [2.24, 2.45) is 0 Å². The van der Waals surface area contributed by atoms with Crippen LogP contribution in [0.2, 0.25) is 10.0 Å². The first-order valence-corrected chi connectivity index (χ1v) is 12.4. The quantitative estimate of drug-likeness (QED) is 0.300. The van der Waals surface area contributed by atoms with Crippen LogP contribution in [0.1, 0.15) is 16.7 Å². The van der Waals surface area contributed by atoms with Crippen molar-refractivity contribution in [2.75, 3.05) is 10.2 Å². The molecular formula is C27H21Cl2N3O2S. The molecule has 0 saturated carbocycles. The van der Waals surface area contributed by atoms with Crippen LogP contribution in [-0.4, -0.2) is 17.1 Å². The summed E-state index contributed by atoms with van der Waals surface area (Å²) in [5.74, 6) is -0.852. The van der Waals surface area contributed by atoms with Gasteiger partial charge in [-0.15, -0.1) is 0 Å². The SMILES string of the molecule is Cc1ccc(N2C(=O)[C@H](Cc3ccccc3Cl)S/C2=C(/C#N)C(=O)Nc2ccccc2Cl)cc1C. The molecule has 4 rings (SSSR count). The van der Waals surface area contributed by atoms with Gasteiger partial charge in [0.15, 0.2) is 0 Å². The molecule has 8 heteroatoms. The van der Waals surface area contributed by atoms with E-state index in [0.29, 0.717) is 27.8 Å². The van der Waals surface area contributed by atoms with E-state index in [1.165, 1.54) is 16.7 Å². The number of carbonyl (C=O) groups excluding carboxylic acids is 2. The maximum Gasteiger partial charge on any atom is 0.269 e. The first kappa shape index (κ1) is 24.9. The standard InChI is InChI=1S/C27H21Cl2N3O2S/c1-16-11-12-19(13-17(16)2)32-26(34)24(14-18-7-3-4-8-21(18)28)35-27(32)20(15-30)25(33)31-23-10-6-5-9-22(23)29/h3-13,24H,14H2,1-2H3,(H,31,33)/b27-20-/t24-/m0/s1. The third-order valence-electron chi connectivity index (χ3n) is 5.74. The average Bonchev–Trinajstić information content (AvgIpc) is 3.14. The Balaban J connectivity index is 1.77. The highest BCUT2D eigenvalue weighted by molar-refractivity contribution is 8.05. The van der Waals surface area contributed by atoms with Crippen molar-refractivity contribution in [2.45, 2.75) is 25.5 Å². The van der Waals surface area contributed by atoms with E-state index in [1.807, 2.05) is 56.3 Å². The van der Waals surface area contributed by atoms with Gasteiger partial charge < -0.3 is 5.32 Å². The number of benzene rings is 3. The first-order chi connectivity index (χ1) is 16.8. The fourth-order valence-corrected chi connectivity index (χ4v) is 5.39. The third-order valence-corrected chi connectivity index (χ3v) is 7.70. The van der Waals surface area contributed by atoms with Crippen LogP contribution >= 0.6 is 35.0 Å². The first-order valence-electron chi connectivity index (χ1n) is 10.8. The van der Waals surface area contributed by atoms with Crippen molar-refractivity contribution in [1.82, 2.24) is 0 Å². The van der Waals surface area contributed by atoms with E-state index >= 15 is 0 Å². The summed E-state index contributed by atoms with van der Waals surface area (Å²) in [5, 5.41) is 13.3. The van der Waals surface area contributed by atoms with Gasteiger partial charge in [-0.1, -0.05) is 71.4 Å². The fraction of sp³-hybridized carbons (Fsp3) is 0.148. The van der Waals surface area contributed by atoms with Gasteiger partial charge in [-0.2, -0.15) is 5.26 Å². The summed E-state index contributed by atoms with van der Waals surface area (Å²) in [6.45, 7) is 3.93. The van der Waals surface area contributed by atoms with Gasteiger partial charge in [0.1, 0.15) is 16.7 Å². The predicted molar refractivity (Wildman–Crippen MR) is 143 cm³/mol. The number of carbonyl (C=O) groups is 2. The van der Waals surface area contributed by atoms with Crippen molar-refractivity contribution < 1.29 is 9.59 Å². The van der Waals surface area contributed by atoms with Gasteiger partial charge in [0.25, 0.3) is 5.91 Å². The van der Waals surface area contributed by atoms with Crippen LogP contribution in [0.15, 0.2) is 77.3 Å². The smallest absolute Gasteiger partial charge is 0.269 e. The van der Waals surface area contributed by atoms with E-state index in [-0.39, 0.29) is 16.5 Å². The lowest BCUT2D eigenvalue weighted by Gasteiger charge is -2.20. The molecule has 5 nitrogen and oxygen atoms in total. The molecule has 3 aromatic carbocycles. The topological polar surface area (TPSA) is 73.2 Å². The normalized spacial score (nSPS) is 16.7. The molecule has 1 atom stereocenters. The molecule has 0 bridgehead atoms. The molecule has 0 unspecified atom stereocenters. The average molecular weight is 522 g/mol. The lowest BCUT2D eigenvalue weighted by molar-refractivity contribution is -0.117. The van der Waals surface area contributed by atoms with Crippen molar-refractivity contribution >= 4 is 58.2 Å². The van der Waals surface area contributed by atoms with Crippen LogP contribution in [0.25, 0.3) is 0 Å². The number of hydrogen-bond donors (Lipinski definition) is 1. The molecule has 0 radical (unpaired) electrons. The van der Waals surface area contributed by atoms with Gasteiger partial charge in [-0.3, -0.25) is 14.5 Å². The fourth-order valence-electron chi connectivity index (χ4n) is 3.70. The molecule has 176 valence electrons. The Kier molecular flexibility index (Phi) is 7.51. The van der Waals surface area contributed by atoms with Gasteiger partial charge >= 0.3 is 0 Å². The maximum atomic E-state index is 13.6. The number of aryl methyl sites for hydroxylation is 2. The molecule has 0 aliphatic carbocycles. The van der Waals surface area contributed by atoms with Crippen LogP contribution in [0, 0.1) is 25.2 Å². The highest BCUT2D eigenvalue weighted by Crippen LogP contribution is 2.43. The van der Waals surface area contributed by atoms with Gasteiger partial charge in [-0.25, -0.2) is 0 Å². The summed E-state index contributed by atoms with van der Waals surface area (Å²) in [6.07, 6.45) is 0.360. The number of para-hydroxylation sites is 1. The Labute approximate surface area is 218 Å². The molecule has 3 aromatic rings. The lowest BCUT2D eigenvalue weighted by Crippen LogP contribution is -2.31. The van der Waals surface area contributed by atoms with Crippen LogP contribution in [0.3, 0.4) is 0 Å². The van der Waals surface area contributed by atoms with Crippen molar-refractivity contribution in [3.05, 3.63) is 104 Å². The Morgan fingerprint density at radius 1 is 1.03 bits per heavy atom. The molecule has 0 spiro atoms. The molecule has 1 saturated heterocycles. The largest absolute Gasteiger partial charge is 0.320 e. The van der Waals surface area contributed by atoms with E-state index in [4.69, 9.17) is 23.2 Å². The molecule has 1 heterocycles. The molecule has 1 aliphatic heterocycles. The highest BCUT2D eigenvalue weighted by atomic mass is 35.5. The highest BCUT2D eigenvalue weighted by Gasteiger charge is 2.41. The molecule has 2 amide bonds. The summed E-state index contributed by atoms with van der Waals surface area (Å²) in [7, 11) is 0. The minimum absolute atomic E-state index is 0.164. The number of nitriles is 1. The van der Waals surface area contributed by atoms with E-state index in [0.717, 1.165) is 16.7 Å². The van der Waals surface area contributed by atoms with E-state index < -0.39 is 11.2 Å². The van der Waals surface area contributed by atoms with Crippen LogP contribution in [-0.2, 0) is 16.0 Å². The molecule has 0 aromatic heterocycles. The second kappa shape index (κ2) is 10.6. The summed E-state index contributed by atoms with van der Waals surface area (Å²) in [5.41, 5.74) is 3.70. The summed E-state index contributed by atoms with van der Waals surface area (Å²) in [6, 6.07) is 21.7. The zero-order valence-corrected chi connectivity index (χ0v) is 21.3. The molecule has 35 heavy (non-hydrogen) atoms. The van der Waals surface area contributed by atoms with Crippen molar-refractivity contribution in [3.8, 4) is 6.07 Å². The predicted octanol–water partition coefficient (Wildman–Crippen LogP) is 6.68. The lowest BCUT2D eigenvalue weighted by atomic mass is 10.1. The number of thioether (sulfide) groups is 1. The minimum atomic E-state index is -0.636. The third kappa shape index (κ3) is 5.23. The molecule has 1 fully saturated rings. The Bertz CT molecular complexity index is 1400. The van der Waals surface area contributed by atoms with Crippen LogP contribution < -0.4 is 10.2 Å². The van der Waals surface area contributed by atoms with Gasteiger partial charge in [0, 0.05) is 10.7 Å². The van der Waals surface area contributed by atoms with E-state index in [1.54, 1.807) is 30.3 Å². The van der Waals surface area contributed by atoms with Crippen LogP contribution in [0.4, 0.5) is 11.4 Å². The number of hydrogen-bond acceptors (Lipinski definition) is 4. The number of rotatable bonds is 5. The van der Waals surface area contributed by atoms with E-state index in [2.05, 4.69) is 5.32 Å². The second-order valence-electron chi connectivity index (χ2n) is 8.07. The summed E-state index contributed by atoms with van der Waals surface area (Å²) < 4.78 is 0. The maximum absolute atomic E-state index is 13.6. The molecule has 1 aliphatic rings. The second-order valence-corrected chi connectivity index (χ2v) is 10.1. The van der Waals surface area contributed by atoms with Gasteiger partial charge in [0.2, 0.25) is 5.91 Å².